The van der Waals surface area contributed by atoms with E-state index in [0.29, 0.717) is 5.13 Å². The molecule has 0 bridgehead atoms. The van der Waals surface area contributed by atoms with Crippen molar-refractivity contribution in [1.29, 1.82) is 0 Å². The smallest absolute Gasteiger partial charge is 0.407 e. The zero-order chi connectivity index (χ0) is 24.9. The second-order valence-corrected chi connectivity index (χ2v) is 8.88. The van der Waals surface area contributed by atoms with E-state index < -0.39 is 23.2 Å². The highest BCUT2D eigenvalue weighted by Crippen LogP contribution is 2.23. The summed E-state index contributed by atoms with van der Waals surface area (Å²) in [5.74, 6) is -1.07. The summed E-state index contributed by atoms with van der Waals surface area (Å²) < 4.78 is 16.9. The molecule has 13 nitrogen and oxygen atoms in total. The van der Waals surface area contributed by atoms with E-state index in [1.54, 1.807) is 31.6 Å². The van der Waals surface area contributed by atoms with Crippen LogP contribution in [0.2, 0.25) is 0 Å². The van der Waals surface area contributed by atoms with Crippen LogP contribution in [0.3, 0.4) is 0 Å². The molecule has 0 aliphatic carbocycles. The molecular weight excluding hydrogens is 466 g/mol. The Hall–Kier alpha value is -3.94. The van der Waals surface area contributed by atoms with Gasteiger partial charge in [0.05, 0.1) is 12.8 Å². The van der Waals surface area contributed by atoms with Crippen molar-refractivity contribution in [3.63, 3.8) is 0 Å². The number of ether oxygens (including phenoxy) is 2. The zero-order valence-corrected chi connectivity index (χ0v) is 20.1. The lowest BCUT2D eigenvalue weighted by Gasteiger charge is -2.19. The van der Waals surface area contributed by atoms with Crippen molar-refractivity contribution < 1.29 is 23.5 Å². The first-order valence-electron chi connectivity index (χ1n) is 10.2. The lowest BCUT2D eigenvalue weighted by atomic mass is 10.2. The number of alkyl carbamates (subject to hydrolysis) is 1. The molecule has 0 aromatic carbocycles. The van der Waals surface area contributed by atoms with Gasteiger partial charge in [-0.2, -0.15) is 5.10 Å². The van der Waals surface area contributed by atoms with Crippen LogP contribution in [0.1, 0.15) is 37.0 Å². The molecule has 3 aromatic heterocycles. The second kappa shape index (κ2) is 10.3. The highest BCUT2D eigenvalue weighted by Gasteiger charge is 2.20. The largest absolute Gasteiger partial charge is 0.488 e. The predicted octanol–water partition coefficient (Wildman–Crippen LogP) is 2.18. The molecule has 0 radical (unpaired) electrons. The predicted molar refractivity (Wildman–Crippen MR) is 124 cm³/mol. The number of methoxy groups -OCH3 is 1. The SMILES string of the molecule is COc1c(NCCNC(=O)OC(C)(C)C)cc(C(=O)Nc2nnc(-n3nccc3C)s2)oc1=O. The summed E-state index contributed by atoms with van der Waals surface area (Å²) in [6.07, 6.45) is 1.05. The number of hydrogen-bond acceptors (Lipinski definition) is 11. The highest BCUT2D eigenvalue weighted by molar-refractivity contribution is 7.17. The van der Waals surface area contributed by atoms with Crippen LogP contribution in [0.5, 0.6) is 5.75 Å². The van der Waals surface area contributed by atoms with Crippen molar-refractivity contribution in [2.45, 2.75) is 33.3 Å². The Morgan fingerprint density at radius 1 is 1.24 bits per heavy atom. The van der Waals surface area contributed by atoms with Gasteiger partial charge in [0.1, 0.15) is 5.60 Å². The fourth-order valence-electron chi connectivity index (χ4n) is 2.67. The van der Waals surface area contributed by atoms with Crippen LogP contribution in [0, 0.1) is 6.92 Å². The number of nitrogens with one attached hydrogen (secondary N) is 3. The van der Waals surface area contributed by atoms with E-state index in [0.717, 1.165) is 17.0 Å². The third kappa shape index (κ3) is 6.31. The third-order valence-corrected chi connectivity index (χ3v) is 4.91. The summed E-state index contributed by atoms with van der Waals surface area (Å²) in [5, 5.41) is 20.8. The maximum Gasteiger partial charge on any atom is 0.407 e. The summed E-state index contributed by atoms with van der Waals surface area (Å²) in [4.78, 5) is 36.7. The molecule has 0 aliphatic rings. The van der Waals surface area contributed by atoms with Gasteiger partial charge in [0.2, 0.25) is 16.0 Å². The number of nitrogens with zero attached hydrogens (tertiary/aromatic N) is 4. The van der Waals surface area contributed by atoms with E-state index in [2.05, 4.69) is 31.2 Å². The minimum atomic E-state index is -0.845. The van der Waals surface area contributed by atoms with Crippen LogP contribution in [-0.2, 0) is 4.74 Å². The molecule has 0 saturated carbocycles. The monoisotopic (exact) mass is 491 g/mol. The summed E-state index contributed by atoms with van der Waals surface area (Å²) in [5.41, 5.74) is -0.387. The molecule has 182 valence electrons. The minimum Gasteiger partial charge on any atom is -0.488 e. The molecule has 0 aliphatic heterocycles. The fourth-order valence-corrected chi connectivity index (χ4v) is 3.43. The molecule has 3 heterocycles. The molecule has 0 atom stereocenters. The first kappa shape index (κ1) is 24.7. The van der Waals surface area contributed by atoms with Gasteiger partial charge < -0.3 is 24.5 Å². The molecule has 0 unspecified atom stereocenters. The standard InChI is InChI=1S/C20H25N7O6S/c1-11-6-7-23-27(11)18-26-25-17(34-18)24-15(28)13-10-12(14(31-5)16(29)32-13)21-8-9-22-19(30)33-20(2,3)4/h6-7,10,21H,8-9H2,1-5H3,(H,22,30)(H,24,25,28). The van der Waals surface area contributed by atoms with Crippen molar-refractivity contribution in [1.82, 2.24) is 25.3 Å². The topological polar surface area (TPSA) is 162 Å². The molecular formula is C20H25N7O6S. The van der Waals surface area contributed by atoms with Crippen LogP contribution in [-0.4, -0.2) is 57.8 Å². The Bertz CT molecular complexity index is 1230. The third-order valence-electron chi connectivity index (χ3n) is 4.09. The average Bonchev–Trinajstić information content (AvgIpc) is 3.38. The van der Waals surface area contributed by atoms with Crippen molar-refractivity contribution in [3.8, 4) is 10.9 Å². The van der Waals surface area contributed by atoms with Crippen molar-refractivity contribution in [2.24, 2.45) is 0 Å². The van der Waals surface area contributed by atoms with Gasteiger partial charge in [0.25, 0.3) is 5.91 Å². The number of hydrogen-bond donors (Lipinski definition) is 3. The van der Waals surface area contributed by atoms with E-state index in [4.69, 9.17) is 13.9 Å². The second-order valence-electron chi connectivity index (χ2n) is 7.93. The van der Waals surface area contributed by atoms with Gasteiger partial charge in [-0.1, -0.05) is 11.3 Å². The molecule has 3 N–H and O–H groups in total. The van der Waals surface area contributed by atoms with Crippen LogP contribution < -0.4 is 26.3 Å². The number of carbonyl (C=O) groups excluding carboxylic acids is 2. The maximum absolute atomic E-state index is 12.7. The van der Waals surface area contributed by atoms with Crippen molar-refractivity contribution in [2.75, 3.05) is 30.8 Å². The van der Waals surface area contributed by atoms with Crippen molar-refractivity contribution >= 4 is 34.2 Å². The number of amides is 2. The fraction of sp³-hybridized carbons (Fsp3) is 0.400. The number of carbonyl (C=O) groups is 2. The first-order valence-corrected chi connectivity index (χ1v) is 11.0. The quantitative estimate of drug-likeness (QED) is 0.398. The van der Waals surface area contributed by atoms with Crippen LogP contribution in [0.15, 0.2) is 27.5 Å². The Kier molecular flexibility index (Phi) is 7.50. The number of anilines is 2. The van der Waals surface area contributed by atoms with Crippen LogP contribution >= 0.6 is 11.3 Å². The number of aryl methyl sites for hydroxylation is 1. The van der Waals surface area contributed by atoms with Gasteiger partial charge in [0.15, 0.2) is 5.76 Å². The zero-order valence-electron chi connectivity index (χ0n) is 19.3. The Labute approximate surface area is 198 Å². The Balaban J connectivity index is 1.66. The lowest BCUT2D eigenvalue weighted by Crippen LogP contribution is -2.35. The summed E-state index contributed by atoms with van der Waals surface area (Å²) in [6.45, 7) is 7.55. The Morgan fingerprint density at radius 2 is 2.00 bits per heavy atom. The lowest BCUT2D eigenvalue weighted by molar-refractivity contribution is 0.0530. The highest BCUT2D eigenvalue weighted by atomic mass is 32.1. The molecule has 2 amide bonds. The van der Waals surface area contributed by atoms with Crippen LogP contribution in [0.25, 0.3) is 5.13 Å². The maximum atomic E-state index is 12.7. The van der Waals surface area contributed by atoms with Gasteiger partial charge in [-0.25, -0.2) is 14.3 Å². The summed E-state index contributed by atoms with van der Waals surface area (Å²) in [7, 11) is 1.30. The van der Waals surface area contributed by atoms with E-state index >= 15 is 0 Å². The molecule has 0 fully saturated rings. The van der Waals surface area contributed by atoms with Gasteiger partial charge in [-0.3, -0.25) is 10.1 Å². The number of rotatable bonds is 8. The van der Waals surface area contributed by atoms with E-state index in [1.807, 2.05) is 13.0 Å². The minimum absolute atomic E-state index is 0.110. The summed E-state index contributed by atoms with van der Waals surface area (Å²) >= 11 is 1.10. The number of aromatic nitrogens is 4. The van der Waals surface area contributed by atoms with E-state index in [1.165, 1.54) is 13.2 Å². The molecule has 0 saturated heterocycles. The van der Waals surface area contributed by atoms with Gasteiger partial charge in [-0.15, -0.1) is 10.2 Å². The Morgan fingerprint density at radius 3 is 2.65 bits per heavy atom. The summed E-state index contributed by atoms with van der Waals surface area (Å²) in [6, 6.07) is 3.13. The van der Waals surface area contributed by atoms with Gasteiger partial charge in [-0.05, 0) is 33.8 Å². The normalized spacial score (nSPS) is 11.1. The average molecular weight is 492 g/mol. The molecule has 0 spiro atoms. The van der Waals surface area contributed by atoms with Crippen LogP contribution in [0.4, 0.5) is 15.6 Å². The van der Waals surface area contributed by atoms with E-state index in [9.17, 15) is 14.4 Å². The van der Waals surface area contributed by atoms with E-state index in [-0.39, 0.29) is 35.4 Å². The molecule has 34 heavy (non-hydrogen) atoms. The molecule has 3 aromatic rings. The van der Waals surface area contributed by atoms with Crippen molar-refractivity contribution in [3.05, 3.63) is 40.2 Å². The molecule has 14 heteroatoms. The molecule has 3 rings (SSSR count). The van der Waals surface area contributed by atoms with Gasteiger partial charge in [0, 0.05) is 31.0 Å². The first-order chi connectivity index (χ1) is 16.1. The van der Waals surface area contributed by atoms with Gasteiger partial charge >= 0.3 is 11.7 Å².